The molecule has 0 spiro atoms. The second-order valence-corrected chi connectivity index (χ2v) is 6.65. The maximum atomic E-state index is 12.0. The van der Waals surface area contributed by atoms with E-state index >= 15 is 0 Å². The molecule has 4 N–H and O–H groups in total. The molecule has 0 saturated carbocycles. The molecule has 166 valence electrons. The number of aliphatic hydroxyl groups excluding tert-OH is 1. The minimum absolute atomic E-state index is 0.0577. The van der Waals surface area contributed by atoms with Crippen molar-refractivity contribution in [1.82, 2.24) is 10.6 Å². The van der Waals surface area contributed by atoms with E-state index in [1.165, 1.54) is 6.92 Å². The third kappa shape index (κ3) is 9.87. The first kappa shape index (κ1) is 24.9. The quantitative estimate of drug-likeness (QED) is 0.360. The third-order valence-electron chi connectivity index (χ3n) is 4.03. The van der Waals surface area contributed by atoms with E-state index in [1.54, 1.807) is 31.2 Å². The smallest absolute Gasteiger partial charge is 0.407 e. The van der Waals surface area contributed by atoms with Gasteiger partial charge in [0.25, 0.3) is 0 Å². The summed E-state index contributed by atoms with van der Waals surface area (Å²) in [6.45, 7) is 3.11. The number of carboxylic acid groups (broad SMARTS) is 1. The SMILES string of the molecule is CCOC(=O)[C@H](C)C[C@@H](NC(=O)C[C@@H](O)CNC(=O)OCc1ccccc1)C(=O)O. The van der Waals surface area contributed by atoms with Gasteiger partial charge in [-0.15, -0.1) is 0 Å². The summed E-state index contributed by atoms with van der Waals surface area (Å²) in [6, 6.07) is 7.70. The Hall–Kier alpha value is -3.14. The predicted octanol–water partition coefficient (Wildman–Crippen LogP) is 0.823. The monoisotopic (exact) mass is 424 g/mol. The molecule has 0 aliphatic carbocycles. The van der Waals surface area contributed by atoms with E-state index in [2.05, 4.69) is 10.6 Å². The molecule has 1 aromatic carbocycles. The van der Waals surface area contributed by atoms with Crippen LogP contribution in [0.25, 0.3) is 0 Å². The zero-order chi connectivity index (χ0) is 22.5. The number of esters is 1. The lowest BCUT2D eigenvalue weighted by atomic mass is 10.0. The molecule has 0 heterocycles. The first-order valence-electron chi connectivity index (χ1n) is 9.54. The Kier molecular flexibility index (Phi) is 10.9. The Morgan fingerprint density at radius 1 is 1.10 bits per heavy atom. The van der Waals surface area contributed by atoms with Crippen LogP contribution in [0.5, 0.6) is 0 Å². The number of nitrogens with one attached hydrogen (secondary N) is 2. The van der Waals surface area contributed by atoms with E-state index in [9.17, 15) is 29.4 Å². The van der Waals surface area contributed by atoms with Crippen LogP contribution in [0.3, 0.4) is 0 Å². The molecule has 1 rings (SSSR count). The molecule has 1 aromatic rings. The lowest BCUT2D eigenvalue weighted by Crippen LogP contribution is -2.44. The van der Waals surface area contributed by atoms with E-state index in [0.717, 1.165) is 5.56 Å². The molecule has 0 aliphatic rings. The van der Waals surface area contributed by atoms with Crippen molar-refractivity contribution in [3.8, 4) is 0 Å². The van der Waals surface area contributed by atoms with Gasteiger partial charge in [0.2, 0.25) is 5.91 Å². The molecule has 0 bridgehead atoms. The maximum absolute atomic E-state index is 12.0. The number of carbonyl (C=O) groups excluding carboxylic acids is 3. The summed E-state index contributed by atoms with van der Waals surface area (Å²) >= 11 is 0. The highest BCUT2D eigenvalue weighted by Crippen LogP contribution is 2.09. The van der Waals surface area contributed by atoms with Gasteiger partial charge >= 0.3 is 18.0 Å². The zero-order valence-corrected chi connectivity index (χ0v) is 17.0. The van der Waals surface area contributed by atoms with Crippen LogP contribution in [0.15, 0.2) is 30.3 Å². The molecule has 3 atom stereocenters. The van der Waals surface area contributed by atoms with Crippen molar-refractivity contribution >= 4 is 23.9 Å². The highest BCUT2D eigenvalue weighted by Gasteiger charge is 2.27. The van der Waals surface area contributed by atoms with Gasteiger partial charge in [-0.25, -0.2) is 9.59 Å². The first-order chi connectivity index (χ1) is 14.2. The van der Waals surface area contributed by atoms with Crippen LogP contribution >= 0.6 is 0 Å². The molecule has 0 radical (unpaired) electrons. The van der Waals surface area contributed by atoms with Gasteiger partial charge in [0.05, 0.1) is 25.0 Å². The average Bonchev–Trinajstić information content (AvgIpc) is 2.70. The molecule has 0 aliphatic heterocycles. The van der Waals surface area contributed by atoms with Gasteiger partial charge in [-0.2, -0.15) is 0 Å². The van der Waals surface area contributed by atoms with Crippen LogP contribution in [0.1, 0.15) is 32.3 Å². The van der Waals surface area contributed by atoms with E-state index in [-0.39, 0.29) is 26.2 Å². The van der Waals surface area contributed by atoms with Crippen molar-refractivity contribution in [3.63, 3.8) is 0 Å². The fourth-order valence-electron chi connectivity index (χ4n) is 2.47. The van der Waals surface area contributed by atoms with Crippen LogP contribution in [-0.2, 0) is 30.5 Å². The molecule has 10 heteroatoms. The van der Waals surface area contributed by atoms with Crippen LogP contribution in [0.2, 0.25) is 0 Å². The number of aliphatic carboxylic acids is 1. The van der Waals surface area contributed by atoms with Gasteiger partial charge in [0, 0.05) is 6.54 Å². The van der Waals surface area contributed by atoms with Crippen molar-refractivity contribution in [3.05, 3.63) is 35.9 Å². The largest absolute Gasteiger partial charge is 0.480 e. The number of hydrogen-bond acceptors (Lipinski definition) is 7. The predicted molar refractivity (Wildman–Crippen MR) is 105 cm³/mol. The van der Waals surface area contributed by atoms with E-state index in [4.69, 9.17) is 9.47 Å². The molecular weight excluding hydrogens is 396 g/mol. The van der Waals surface area contributed by atoms with Crippen molar-refractivity contribution in [2.75, 3.05) is 13.2 Å². The maximum Gasteiger partial charge on any atom is 0.407 e. The third-order valence-corrected chi connectivity index (χ3v) is 4.03. The number of rotatable bonds is 12. The number of alkyl carbamates (subject to hydrolysis) is 1. The summed E-state index contributed by atoms with van der Waals surface area (Å²) in [5.74, 6) is -3.32. The standard InChI is InChI=1S/C20H28N2O8/c1-3-29-19(27)13(2)9-16(18(25)26)22-17(24)10-15(23)11-21-20(28)30-12-14-7-5-4-6-8-14/h4-8,13,15-16,23H,3,9-12H2,1-2H3,(H,21,28)(H,22,24)(H,25,26)/t13-,15-,16-/m1/s1. The van der Waals surface area contributed by atoms with Crippen molar-refractivity contribution < 1.29 is 38.9 Å². The van der Waals surface area contributed by atoms with Crippen LogP contribution in [0.4, 0.5) is 4.79 Å². The Bertz CT molecular complexity index is 710. The molecule has 2 amide bonds. The molecule has 30 heavy (non-hydrogen) atoms. The molecule has 0 unspecified atom stereocenters. The molecule has 0 saturated heterocycles. The summed E-state index contributed by atoms with van der Waals surface area (Å²) in [5, 5.41) is 23.7. The molecule has 0 aromatic heterocycles. The summed E-state index contributed by atoms with van der Waals surface area (Å²) in [6.07, 6.45) is -2.59. The van der Waals surface area contributed by atoms with Gasteiger partial charge in [-0.05, 0) is 18.9 Å². The molecule has 0 fully saturated rings. The van der Waals surface area contributed by atoms with Gasteiger partial charge in [-0.1, -0.05) is 37.3 Å². The van der Waals surface area contributed by atoms with E-state index < -0.39 is 48.4 Å². The van der Waals surface area contributed by atoms with Crippen molar-refractivity contribution in [1.29, 1.82) is 0 Å². The second kappa shape index (κ2) is 13.2. The summed E-state index contributed by atoms with van der Waals surface area (Å²) in [7, 11) is 0. The topological polar surface area (TPSA) is 151 Å². The van der Waals surface area contributed by atoms with Gasteiger partial charge < -0.3 is 30.3 Å². The average molecular weight is 424 g/mol. The number of ether oxygens (including phenoxy) is 2. The normalized spacial score (nSPS) is 13.4. The molecular formula is C20H28N2O8. The van der Waals surface area contributed by atoms with E-state index in [1.807, 2.05) is 6.07 Å². The summed E-state index contributed by atoms with van der Waals surface area (Å²) < 4.78 is 9.80. The Labute approximate surface area is 174 Å². The van der Waals surface area contributed by atoms with Crippen LogP contribution in [0, 0.1) is 5.92 Å². The second-order valence-electron chi connectivity index (χ2n) is 6.65. The van der Waals surface area contributed by atoms with Gasteiger partial charge in [0.15, 0.2) is 0 Å². The minimum Gasteiger partial charge on any atom is -0.480 e. The Morgan fingerprint density at radius 3 is 2.37 bits per heavy atom. The number of benzene rings is 1. The Balaban J connectivity index is 2.37. The van der Waals surface area contributed by atoms with Crippen LogP contribution in [-0.4, -0.2) is 59.4 Å². The van der Waals surface area contributed by atoms with Crippen molar-refractivity contribution in [2.24, 2.45) is 5.92 Å². The highest BCUT2D eigenvalue weighted by atomic mass is 16.5. The lowest BCUT2D eigenvalue weighted by molar-refractivity contribution is -0.149. The number of carbonyl (C=O) groups is 4. The number of carboxylic acids is 1. The van der Waals surface area contributed by atoms with Gasteiger partial charge in [-0.3, -0.25) is 9.59 Å². The number of amides is 2. The van der Waals surface area contributed by atoms with Gasteiger partial charge in [0.1, 0.15) is 12.6 Å². The van der Waals surface area contributed by atoms with E-state index in [0.29, 0.717) is 0 Å². The minimum atomic E-state index is -1.31. The number of aliphatic hydroxyl groups is 1. The lowest BCUT2D eigenvalue weighted by Gasteiger charge is -2.19. The summed E-state index contributed by atoms with van der Waals surface area (Å²) in [5.41, 5.74) is 0.796. The highest BCUT2D eigenvalue weighted by molar-refractivity contribution is 5.84. The zero-order valence-electron chi connectivity index (χ0n) is 17.0. The molecule has 10 nitrogen and oxygen atoms in total. The fourth-order valence-corrected chi connectivity index (χ4v) is 2.47. The van der Waals surface area contributed by atoms with Crippen molar-refractivity contribution in [2.45, 2.75) is 45.4 Å². The first-order valence-corrected chi connectivity index (χ1v) is 9.54. The fraction of sp³-hybridized carbons (Fsp3) is 0.500. The Morgan fingerprint density at radius 2 is 1.77 bits per heavy atom. The summed E-state index contributed by atoms with van der Waals surface area (Å²) in [4.78, 5) is 46.6. The van der Waals surface area contributed by atoms with Crippen LogP contribution < -0.4 is 10.6 Å². The number of hydrogen-bond donors (Lipinski definition) is 4.